The lowest BCUT2D eigenvalue weighted by Crippen LogP contribution is -2.34. The molecule has 0 N–H and O–H groups in total. The van der Waals surface area contributed by atoms with Crippen LogP contribution in [0.4, 0.5) is 0 Å². The summed E-state index contributed by atoms with van der Waals surface area (Å²) >= 11 is 7.90. The number of benzene rings is 1. The molecule has 26 heavy (non-hydrogen) atoms. The highest BCUT2D eigenvalue weighted by Gasteiger charge is 2.37. The van der Waals surface area contributed by atoms with Crippen LogP contribution >= 0.6 is 22.9 Å². The van der Waals surface area contributed by atoms with Gasteiger partial charge in [0.25, 0.3) is 5.91 Å². The fourth-order valence-electron chi connectivity index (χ4n) is 3.44. The summed E-state index contributed by atoms with van der Waals surface area (Å²) in [5, 5.41) is 6.35. The third-order valence-corrected chi connectivity index (χ3v) is 6.65. The van der Waals surface area contributed by atoms with E-state index in [1.165, 1.54) is 24.2 Å². The van der Waals surface area contributed by atoms with Crippen molar-refractivity contribution in [3.8, 4) is 5.69 Å². The number of carbonyl (C=O) groups is 1. The molecule has 2 aliphatic carbocycles. The normalized spacial score (nSPS) is 17.0. The van der Waals surface area contributed by atoms with E-state index in [9.17, 15) is 4.79 Å². The molecule has 1 aromatic carbocycles. The van der Waals surface area contributed by atoms with E-state index in [-0.39, 0.29) is 5.91 Å². The number of amides is 1. The van der Waals surface area contributed by atoms with E-state index < -0.39 is 0 Å². The number of nitrogens with zero attached hydrogens (tertiary/aromatic N) is 3. The van der Waals surface area contributed by atoms with Crippen molar-refractivity contribution in [1.82, 2.24) is 14.7 Å². The monoisotopic (exact) mass is 385 g/mol. The smallest absolute Gasteiger partial charge is 0.264 e. The van der Waals surface area contributed by atoms with E-state index >= 15 is 0 Å². The molecule has 2 heterocycles. The number of rotatable bonds is 5. The zero-order chi connectivity index (χ0) is 17.8. The Morgan fingerprint density at radius 2 is 2.08 bits per heavy atom. The molecule has 4 nitrogen and oxygen atoms in total. The third kappa shape index (κ3) is 2.83. The largest absolute Gasteiger partial charge is 0.335 e. The number of aryl methyl sites for hydroxylation is 1. The fourth-order valence-corrected chi connectivity index (χ4v) is 4.79. The van der Waals surface area contributed by atoms with Gasteiger partial charge in [-0.3, -0.25) is 4.79 Å². The first-order valence-electron chi connectivity index (χ1n) is 9.17. The summed E-state index contributed by atoms with van der Waals surface area (Å²) in [6, 6.07) is 10.2. The van der Waals surface area contributed by atoms with Crippen LogP contribution in [0.25, 0.3) is 15.9 Å². The number of hydrogen-bond donors (Lipinski definition) is 0. The zero-order valence-electron chi connectivity index (χ0n) is 14.6. The highest BCUT2D eigenvalue weighted by molar-refractivity contribution is 7.20. The molecule has 2 fully saturated rings. The van der Waals surface area contributed by atoms with Crippen LogP contribution in [0.1, 0.15) is 41.0 Å². The van der Waals surface area contributed by atoms with Gasteiger partial charge in [-0.15, -0.1) is 11.3 Å². The molecule has 0 bridgehead atoms. The van der Waals surface area contributed by atoms with Crippen molar-refractivity contribution in [2.75, 3.05) is 6.54 Å². The van der Waals surface area contributed by atoms with Crippen LogP contribution in [-0.2, 0) is 0 Å². The van der Waals surface area contributed by atoms with Gasteiger partial charge in [-0.25, -0.2) is 4.68 Å². The maximum atomic E-state index is 13.2. The highest BCUT2D eigenvalue weighted by atomic mass is 35.5. The molecular formula is C20H20ClN3OS. The number of halogens is 1. The van der Waals surface area contributed by atoms with Gasteiger partial charge in [0.15, 0.2) is 0 Å². The second-order valence-corrected chi connectivity index (χ2v) is 8.85. The molecule has 1 amide bonds. The predicted molar refractivity (Wildman–Crippen MR) is 105 cm³/mol. The molecule has 5 rings (SSSR count). The molecule has 2 saturated carbocycles. The molecule has 0 spiro atoms. The predicted octanol–water partition coefficient (Wildman–Crippen LogP) is 5.06. The maximum Gasteiger partial charge on any atom is 0.264 e. The van der Waals surface area contributed by atoms with E-state index in [4.69, 9.17) is 11.6 Å². The SMILES string of the molecule is Cc1nn(-c2ccccc2Cl)c2sc(C(=O)N(CC3CC3)C3CC3)cc12. The lowest BCUT2D eigenvalue weighted by Gasteiger charge is -2.21. The topological polar surface area (TPSA) is 38.1 Å². The Labute approximate surface area is 161 Å². The lowest BCUT2D eigenvalue weighted by molar-refractivity contribution is 0.0740. The Hall–Kier alpha value is -1.85. The maximum absolute atomic E-state index is 13.2. The summed E-state index contributed by atoms with van der Waals surface area (Å²) in [4.78, 5) is 17.1. The summed E-state index contributed by atoms with van der Waals surface area (Å²) in [5.74, 6) is 0.903. The Morgan fingerprint density at radius 3 is 2.77 bits per heavy atom. The Kier molecular flexibility index (Phi) is 3.83. The first-order valence-corrected chi connectivity index (χ1v) is 10.4. The van der Waals surface area contributed by atoms with Crippen LogP contribution in [0.5, 0.6) is 0 Å². The number of aromatic nitrogens is 2. The van der Waals surface area contributed by atoms with Crippen LogP contribution in [0, 0.1) is 12.8 Å². The molecule has 0 unspecified atom stereocenters. The summed E-state index contributed by atoms with van der Waals surface area (Å²) in [5.41, 5.74) is 1.78. The second-order valence-electron chi connectivity index (χ2n) is 7.41. The van der Waals surface area contributed by atoms with Gasteiger partial charge in [-0.2, -0.15) is 5.10 Å². The minimum atomic E-state index is 0.186. The number of thiophene rings is 1. The average molecular weight is 386 g/mol. The number of para-hydroxylation sites is 1. The van der Waals surface area contributed by atoms with Gasteiger partial charge in [0, 0.05) is 18.0 Å². The van der Waals surface area contributed by atoms with E-state index in [2.05, 4.69) is 10.00 Å². The standard InChI is InChI=1S/C20H20ClN3OS/c1-12-15-10-18(19(25)23(14-8-9-14)11-13-6-7-13)26-20(15)24(22-12)17-5-3-2-4-16(17)21/h2-5,10,13-14H,6-9,11H2,1H3. The molecule has 0 radical (unpaired) electrons. The number of hydrogen-bond acceptors (Lipinski definition) is 3. The molecule has 0 aliphatic heterocycles. The van der Waals surface area contributed by atoms with Crippen molar-refractivity contribution < 1.29 is 4.79 Å². The summed E-state index contributed by atoms with van der Waals surface area (Å²) in [6.45, 7) is 2.91. The fraction of sp³-hybridized carbons (Fsp3) is 0.400. The molecule has 2 aromatic heterocycles. The van der Waals surface area contributed by atoms with Gasteiger partial charge in [0.05, 0.1) is 21.3 Å². The first-order chi connectivity index (χ1) is 12.6. The highest BCUT2D eigenvalue weighted by Crippen LogP contribution is 2.38. The summed E-state index contributed by atoms with van der Waals surface area (Å²) in [7, 11) is 0. The summed E-state index contributed by atoms with van der Waals surface area (Å²) in [6.07, 6.45) is 4.83. The molecule has 2 aliphatic rings. The van der Waals surface area contributed by atoms with Gasteiger partial charge < -0.3 is 4.90 Å². The Balaban J connectivity index is 1.54. The molecule has 0 atom stereocenters. The van der Waals surface area contributed by atoms with Gasteiger partial charge in [0.2, 0.25) is 0 Å². The van der Waals surface area contributed by atoms with Crippen molar-refractivity contribution in [2.24, 2.45) is 5.92 Å². The van der Waals surface area contributed by atoms with Crippen molar-refractivity contribution >= 4 is 39.1 Å². The van der Waals surface area contributed by atoms with Crippen LogP contribution < -0.4 is 0 Å². The average Bonchev–Trinajstić information content (AvgIpc) is 3.54. The molecular weight excluding hydrogens is 366 g/mol. The molecule has 0 saturated heterocycles. The van der Waals surface area contributed by atoms with Crippen molar-refractivity contribution in [3.63, 3.8) is 0 Å². The molecule has 134 valence electrons. The van der Waals surface area contributed by atoms with Crippen LogP contribution in [0.15, 0.2) is 30.3 Å². The quantitative estimate of drug-likeness (QED) is 0.615. The minimum Gasteiger partial charge on any atom is -0.335 e. The van der Waals surface area contributed by atoms with Gasteiger partial charge in [-0.05, 0) is 56.7 Å². The van der Waals surface area contributed by atoms with Crippen molar-refractivity contribution in [2.45, 2.75) is 38.6 Å². The molecule has 3 aromatic rings. The van der Waals surface area contributed by atoms with Crippen molar-refractivity contribution in [1.29, 1.82) is 0 Å². The van der Waals surface area contributed by atoms with E-state index in [0.29, 0.717) is 17.0 Å². The number of fused-ring (bicyclic) bond motifs is 1. The van der Waals surface area contributed by atoms with Crippen LogP contribution in [-0.4, -0.2) is 33.2 Å². The van der Waals surface area contributed by atoms with Crippen LogP contribution in [0.3, 0.4) is 0 Å². The second kappa shape index (κ2) is 6.10. The van der Waals surface area contributed by atoms with E-state index in [0.717, 1.165) is 45.9 Å². The van der Waals surface area contributed by atoms with Gasteiger partial charge in [-0.1, -0.05) is 23.7 Å². The Bertz CT molecular complexity index is 1000. The zero-order valence-corrected chi connectivity index (χ0v) is 16.2. The lowest BCUT2D eigenvalue weighted by atomic mass is 10.2. The minimum absolute atomic E-state index is 0.186. The van der Waals surface area contributed by atoms with Crippen molar-refractivity contribution in [3.05, 3.63) is 45.9 Å². The van der Waals surface area contributed by atoms with E-state index in [1.54, 1.807) is 0 Å². The van der Waals surface area contributed by atoms with Gasteiger partial charge in [0.1, 0.15) is 4.83 Å². The summed E-state index contributed by atoms with van der Waals surface area (Å²) < 4.78 is 1.87. The van der Waals surface area contributed by atoms with E-state index in [1.807, 2.05) is 41.9 Å². The van der Waals surface area contributed by atoms with Gasteiger partial charge >= 0.3 is 0 Å². The third-order valence-electron chi connectivity index (χ3n) is 5.24. The first kappa shape index (κ1) is 16.3. The molecule has 6 heteroatoms. The van der Waals surface area contributed by atoms with Crippen LogP contribution in [0.2, 0.25) is 5.02 Å². The number of carbonyl (C=O) groups excluding carboxylic acids is 1. The Morgan fingerprint density at radius 1 is 1.31 bits per heavy atom.